The molecule has 1 atom stereocenters. The van der Waals surface area contributed by atoms with Gasteiger partial charge in [0, 0.05) is 16.3 Å². The smallest absolute Gasteiger partial charge is 0.159 e. The minimum absolute atomic E-state index is 0.121. The largest absolute Gasteiger partial charge is 0.329 e. The average molecular weight is 247 g/mol. The first-order valence-corrected chi connectivity index (χ1v) is 7.52. The molecule has 5 heteroatoms. The van der Waals surface area contributed by atoms with Crippen LogP contribution in [0.1, 0.15) is 23.6 Å². The first kappa shape index (κ1) is 12.7. The van der Waals surface area contributed by atoms with Crippen molar-refractivity contribution in [3.63, 3.8) is 0 Å². The van der Waals surface area contributed by atoms with Gasteiger partial charge in [0.1, 0.15) is 0 Å². The fraction of sp³-hybridized carbons (Fsp3) is 0.600. The van der Waals surface area contributed by atoms with E-state index in [9.17, 15) is 8.42 Å². The summed E-state index contributed by atoms with van der Waals surface area (Å²) in [5.41, 5.74) is 5.37. The number of hydrogen-bond acceptors (Lipinski definition) is 4. The number of aryl methyl sites for hydroxylation is 1. The summed E-state index contributed by atoms with van der Waals surface area (Å²) in [6, 6.07) is 3.88. The lowest BCUT2D eigenvalue weighted by molar-refractivity contribution is 0.583. The van der Waals surface area contributed by atoms with Crippen LogP contribution in [-0.4, -0.2) is 20.2 Å². The third-order valence-electron chi connectivity index (χ3n) is 2.35. The van der Waals surface area contributed by atoms with Gasteiger partial charge in [-0.15, -0.1) is 11.3 Å². The van der Waals surface area contributed by atoms with E-state index in [1.807, 2.05) is 12.1 Å². The molecule has 0 spiro atoms. The van der Waals surface area contributed by atoms with Gasteiger partial charge in [0.2, 0.25) is 0 Å². The molecule has 0 amide bonds. The van der Waals surface area contributed by atoms with Gasteiger partial charge in [-0.3, -0.25) is 0 Å². The van der Waals surface area contributed by atoms with Crippen LogP contribution in [0.3, 0.4) is 0 Å². The Kier molecular flexibility index (Phi) is 4.31. The summed E-state index contributed by atoms with van der Waals surface area (Å²) in [4.78, 5) is 2.13. The first-order valence-electron chi connectivity index (χ1n) is 4.98. The molecule has 0 saturated heterocycles. The van der Waals surface area contributed by atoms with Crippen molar-refractivity contribution in [2.45, 2.75) is 31.3 Å². The lowest BCUT2D eigenvalue weighted by Gasteiger charge is -2.08. The highest BCUT2D eigenvalue weighted by molar-refractivity contribution is 7.91. The van der Waals surface area contributed by atoms with Gasteiger partial charge >= 0.3 is 0 Å². The maximum atomic E-state index is 11.8. The van der Waals surface area contributed by atoms with Crippen LogP contribution >= 0.6 is 11.3 Å². The molecule has 1 heterocycles. The van der Waals surface area contributed by atoms with Crippen LogP contribution in [0.4, 0.5) is 0 Å². The highest BCUT2D eigenvalue weighted by Gasteiger charge is 2.20. The van der Waals surface area contributed by atoms with Crippen LogP contribution in [-0.2, 0) is 22.0 Å². The molecular weight excluding hydrogens is 230 g/mol. The highest BCUT2D eigenvalue weighted by atomic mass is 32.2. The zero-order chi connectivity index (χ0) is 11.5. The molecule has 2 N–H and O–H groups in total. The molecule has 15 heavy (non-hydrogen) atoms. The van der Waals surface area contributed by atoms with Crippen LogP contribution in [0.15, 0.2) is 12.1 Å². The Hall–Kier alpha value is -0.390. The highest BCUT2D eigenvalue weighted by Crippen LogP contribution is 2.20. The molecule has 86 valence electrons. The normalized spacial score (nSPS) is 14.1. The summed E-state index contributed by atoms with van der Waals surface area (Å²) < 4.78 is 23.5. The molecule has 0 aliphatic heterocycles. The second-order valence-electron chi connectivity index (χ2n) is 3.58. The molecule has 0 aliphatic carbocycles. The van der Waals surface area contributed by atoms with Crippen molar-refractivity contribution in [3.05, 3.63) is 21.9 Å². The summed E-state index contributed by atoms with van der Waals surface area (Å²) in [5.74, 6) is 0.121. The fourth-order valence-corrected chi connectivity index (χ4v) is 3.73. The molecular formula is C10H17NO2S2. The number of rotatable bonds is 5. The van der Waals surface area contributed by atoms with Crippen LogP contribution in [0.25, 0.3) is 0 Å². The van der Waals surface area contributed by atoms with E-state index in [0.717, 1.165) is 11.3 Å². The summed E-state index contributed by atoms with van der Waals surface area (Å²) >= 11 is 1.57. The predicted molar refractivity (Wildman–Crippen MR) is 64.8 cm³/mol. The molecule has 0 bridgehead atoms. The van der Waals surface area contributed by atoms with Crippen LogP contribution in [0.5, 0.6) is 0 Å². The van der Waals surface area contributed by atoms with Gasteiger partial charge in [-0.25, -0.2) is 8.42 Å². The minimum Gasteiger partial charge on any atom is -0.329 e. The molecule has 1 rings (SSSR count). The van der Waals surface area contributed by atoms with Gasteiger partial charge in [0.25, 0.3) is 0 Å². The van der Waals surface area contributed by atoms with E-state index in [1.165, 1.54) is 4.88 Å². The van der Waals surface area contributed by atoms with Crippen molar-refractivity contribution in [3.8, 4) is 0 Å². The quantitative estimate of drug-likeness (QED) is 0.859. The molecule has 0 radical (unpaired) electrons. The topological polar surface area (TPSA) is 60.2 Å². The predicted octanol–water partition coefficient (Wildman–Crippen LogP) is 1.57. The minimum atomic E-state index is -3.07. The van der Waals surface area contributed by atoms with Crippen molar-refractivity contribution >= 4 is 21.2 Å². The summed E-state index contributed by atoms with van der Waals surface area (Å²) in [5, 5.41) is -0.454. The van der Waals surface area contributed by atoms with Gasteiger partial charge in [0.15, 0.2) is 9.84 Å². The van der Waals surface area contributed by atoms with Crippen molar-refractivity contribution in [2.75, 3.05) is 6.54 Å². The molecule has 1 unspecified atom stereocenters. The van der Waals surface area contributed by atoms with E-state index in [1.54, 1.807) is 18.3 Å². The maximum Gasteiger partial charge on any atom is 0.159 e. The lowest BCUT2D eigenvalue weighted by Crippen LogP contribution is -2.27. The van der Waals surface area contributed by atoms with Crippen molar-refractivity contribution < 1.29 is 8.42 Å². The Balaban J connectivity index is 2.77. The lowest BCUT2D eigenvalue weighted by atomic mass is 10.4. The molecule has 0 fully saturated rings. The number of sulfone groups is 1. The van der Waals surface area contributed by atoms with E-state index < -0.39 is 15.1 Å². The van der Waals surface area contributed by atoms with Crippen molar-refractivity contribution in [2.24, 2.45) is 5.73 Å². The van der Waals surface area contributed by atoms with E-state index >= 15 is 0 Å². The number of thiophene rings is 1. The zero-order valence-electron chi connectivity index (χ0n) is 9.06. The third kappa shape index (κ3) is 3.29. The number of nitrogens with two attached hydrogens (primary N) is 1. The standard InChI is InChI=1S/C10H17NO2S2/c1-3-9-4-5-10(14-9)7-15(12,13)8(2)6-11/h4-5,8H,3,6-7,11H2,1-2H3. The second kappa shape index (κ2) is 5.09. The average Bonchev–Trinajstić information content (AvgIpc) is 2.63. The van der Waals surface area contributed by atoms with E-state index in [0.29, 0.717) is 0 Å². The molecule has 0 saturated carbocycles. The molecule has 1 aromatic rings. The van der Waals surface area contributed by atoms with Gasteiger partial charge in [0.05, 0.1) is 11.0 Å². The summed E-state index contributed by atoms with van der Waals surface area (Å²) in [6.45, 7) is 3.91. The fourth-order valence-electron chi connectivity index (χ4n) is 1.18. The molecule has 0 aliphatic rings. The number of hydrogen-bond donors (Lipinski definition) is 1. The first-order chi connectivity index (χ1) is 6.99. The Morgan fingerprint density at radius 2 is 2.00 bits per heavy atom. The van der Waals surface area contributed by atoms with Gasteiger partial charge < -0.3 is 5.73 Å². The Morgan fingerprint density at radius 3 is 2.47 bits per heavy atom. The Bertz CT molecular complexity index is 409. The van der Waals surface area contributed by atoms with Crippen molar-refractivity contribution in [1.29, 1.82) is 0 Å². The van der Waals surface area contributed by atoms with Gasteiger partial charge in [-0.1, -0.05) is 6.92 Å². The van der Waals surface area contributed by atoms with Crippen LogP contribution < -0.4 is 5.73 Å². The molecule has 3 nitrogen and oxygen atoms in total. The molecule has 0 aromatic carbocycles. The summed E-state index contributed by atoms with van der Waals surface area (Å²) in [6.07, 6.45) is 0.956. The third-order valence-corrected chi connectivity index (χ3v) is 5.90. The summed E-state index contributed by atoms with van der Waals surface area (Å²) in [7, 11) is -3.07. The van der Waals surface area contributed by atoms with E-state index in [4.69, 9.17) is 5.73 Å². The van der Waals surface area contributed by atoms with E-state index in [2.05, 4.69) is 6.92 Å². The Morgan fingerprint density at radius 1 is 1.40 bits per heavy atom. The second-order valence-corrected chi connectivity index (χ2v) is 7.25. The van der Waals surface area contributed by atoms with E-state index in [-0.39, 0.29) is 12.3 Å². The van der Waals surface area contributed by atoms with Crippen LogP contribution in [0.2, 0.25) is 0 Å². The maximum absolute atomic E-state index is 11.8. The van der Waals surface area contributed by atoms with Gasteiger partial charge in [-0.05, 0) is 25.5 Å². The van der Waals surface area contributed by atoms with Crippen molar-refractivity contribution in [1.82, 2.24) is 0 Å². The van der Waals surface area contributed by atoms with Crippen LogP contribution in [0, 0.1) is 0 Å². The molecule has 1 aromatic heterocycles. The van der Waals surface area contributed by atoms with Gasteiger partial charge in [-0.2, -0.15) is 0 Å². The Labute approximate surface area is 95.2 Å². The zero-order valence-corrected chi connectivity index (χ0v) is 10.7. The monoisotopic (exact) mass is 247 g/mol. The SMILES string of the molecule is CCc1ccc(CS(=O)(=O)C(C)CN)s1.